The summed E-state index contributed by atoms with van der Waals surface area (Å²) in [6, 6.07) is 8.78. The van der Waals surface area contributed by atoms with Crippen LogP contribution in [0.2, 0.25) is 0 Å². The Hall–Kier alpha value is -0.521. The van der Waals surface area contributed by atoms with E-state index >= 15 is 0 Å². The topological polar surface area (TPSA) is 0 Å². The van der Waals surface area contributed by atoms with Gasteiger partial charge in [-0.2, -0.15) is 0 Å². The Bertz CT molecular complexity index is 346. The SMILES string of the molecule is Cc1cccc2[se]ccc12. The van der Waals surface area contributed by atoms with Gasteiger partial charge in [0.1, 0.15) is 0 Å². The fourth-order valence-electron chi connectivity index (χ4n) is 1.15. The first-order valence-electron chi connectivity index (χ1n) is 3.31. The van der Waals surface area contributed by atoms with Gasteiger partial charge < -0.3 is 0 Å². The number of hydrogen-bond acceptors (Lipinski definition) is 0. The van der Waals surface area contributed by atoms with E-state index in [0.717, 1.165) is 0 Å². The predicted molar refractivity (Wildman–Crippen MR) is 45.6 cm³/mol. The summed E-state index contributed by atoms with van der Waals surface area (Å²) in [5.41, 5.74) is 1.41. The zero-order chi connectivity index (χ0) is 6.97. The van der Waals surface area contributed by atoms with Crippen LogP contribution in [0.3, 0.4) is 0 Å². The van der Waals surface area contributed by atoms with Crippen LogP contribution >= 0.6 is 0 Å². The molecule has 1 aromatic carbocycles. The van der Waals surface area contributed by atoms with E-state index in [1.807, 2.05) is 0 Å². The number of hydrogen-bond donors (Lipinski definition) is 0. The van der Waals surface area contributed by atoms with Crippen LogP contribution in [-0.4, -0.2) is 14.5 Å². The van der Waals surface area contributed by atoms with Crippen LogP contribution in [0, 0.1) is 6.92 Å². The minimum atomic E-state index is 0.612. The Morgan fingerprint density at radius 3 is 2.90 bits per heavy atom. The number of rotatable bonds is 0. The molecule has 0 aliphatic carbocycles. The van der Waals surface area contributed by atoms with Crippen LogP contribution in [0.15, 0.2) is 29.2 Å². The second-order valence-electron chi connectivity index (χ2n) is 2.41. The van der Waals surface area contributed by atoms with Crippen LogP contribution in [0.4, 0.5) is 0 Å². The van der Waals surface area contributed by atoms with Crippen molar-refractivity contribution in [3.8, 4) is 0 Å². The molecule has 0 fully saturated rings. The quantitative estimate of drug-likeness (QED) is 0.565. The Kier molecular flexibility index (Phi) is 1.40. The molecule has 0 saturated heterocycles. The Morgan fingerprint density at radius 1 is 1.20 bits per heavy atom. The van der Waals surface area contributed by atoms with E-state index in [1.54, 1.807) is 0 Å². The summed E-state index contributed by atoms with van der Waals surface area (Å²) in [5, 5.41) is 1.46. The number of aryl methyl sites for hydroxylation is 1. The predicted octanol–water partition coefficient (Wildman–Crippen LogP) is 2.21. The Balaban J connectivity index is 2.95. The average Bonchev–Trinajstić information content (AvgIpc) is 2.36. The fourth-order valence-corrected chi connectivity index (χ4v) is 2.96. The first kappa shape index (κ1) is 6.21. The van der Waals surface area contributed by atoms with Gasteiger partial charge in [0.15, 0.2) is 0 Å². The maximum atomic E-state index is 2.28. The standard InChI is InChI=1S/C9H8Se/c1-7-3-2-4-9-8(7)5-6-10-9/h2-6H,1H3. The molecule has 0 nitrogen and oxygen atoms in total. The molecule has 0 bridgehead atoms. The molecule has 0 amide bonds. The van der Waals surface area contributed by atoms with Crippen molar-refractivity contribution in [3.05, 3.63) is 34.8 Å². The number of benzene rings is 1. The van der Waals surface area contributed by atoms with Gasteiger partial charge in [0.05, 0.1) is 0 Å². The molecular formula is C9H8Se. The van der Waals surface area contributed by atoms with E-state index < -0.39 is 0 Å². The van der Waals surface area contributed by atoms with Gasteiger partial charge in [0.2, 0.25) is 0 Å². The molecule has 0 atom stereocenters. The Labute approximate surface area is 66.2 Å². The van der Waals surface area contributed by atoms with Crippen molar-refractivity contribution >= 4 is 24.1 Å². The molecule has 1 aromatic heterocycles. The molecular weight excluding hydrogens is 187 g/mol. The first-order valence-corrected chi connectivity index (χ1v) is 5.15. The van der Waals surface area contributed by atoms with E-state index in [0.29, 0.717) is 14.5 Å². The summed E-state index contributed by atoms with van der Waals surface area (Å²) < 4.78 is 1.53. The molecule has 0 N–H and O–H groups in total. The third kappa shape index (κ3) is 0.828. The van der Waals surface area contributed by atoms with Gasteiger partial charge in [-0.15, -0.1) is 0 Å². The van der Waals surface area contributed by atoms with Crippen LogP contribution in [0.5, 0.6) is 0 Å². The Morgan fingerprint density at radius 2 is 2.10 bits per heavy atom. The zero-order valence-corrected chi connectivity index (χ0v) is 7.51. The second kappa shape index (κ2) is 2.26. The van der Waals surface area contributed by atoms with E-state index in [1.165, 1.54) is 15.2 Å². The van der Waals surface area contributed by atoms with Crippen molar-refractivity contribution in [2.75, 3.05) is 0 Å². The van der Waals surface area contributed by atoms with Crippen molar-refractivity contribution in [1.29, 1.82) is 0 Å². The van der Waals surface area contributed by atoms with E-state index in [9.17, 15) is 0 Å². The van der Waals surface area contributed by atoms with Crippen LogP contribution in [0.1, 0.15) is 5.56 Å². The van der Waals surface area contributed by atoms with Crippen LogP contribution in [-0.2, 0) is 0 Å². The zero-order valence-electron chi connectivity index (χ0n) is 5.79. The summed E-state index contributed by atoms with van der Waals surface area (Å²) in [6.45, 7) is 2.17. The second-order valence-corrected chi connectivity index (χ2v) is 4.40. The van der Waals surface area contributed by atoms with Crippen molar-refractivity contribution in [2.24, 2.45) is 0 Å². The van der Waals surface area contributed by atoms with Crippen molar-refractivity contribution in [2.45, 2.75) is 6.92 Å². The molecule has 0 radical (unpaired) electrons. The van der Waals surface area contributed by atoms with Gasteiger partial charge in [0.25, 0.3) is 0 Å². The van der Waals surface area contributed by atoms with Gasteiger partial charge in [-0.05, 0) is 0 Å². The molecule has 0 aliphatic rings. The van der Waals surface area contributed by atoms with Gasteiger partial charge >= 0.3 is 65.8 Å². The summed E-state index contributed by atoms with van der Waals surface area (Å²) in [7, 11) is 0. The molecule has 1 heterocycles. The monoisotopic (exact) mass is 196 g/mol. The molecule has 0 aliphatic heterocycles. The molecule has 0 saturated carbocycles. The summed E-state index contributed by atoms with van der Waals surface area (Å²) in [5.74, 6) is 0. The molecule has 0 unspecified atom stereocenters. The van der Waals surface area contributed by atoms with Gasteiger partial charge in [-0.3, -0.25) is 0 Å². The fraction of sp³-hybridized carbons (Fsp3) is 0.111. The molecule has 50 valence electrons. The van der Waals surface area contributed by atoms with E-state index in [4.69, 9.17) is 0 Å². The van der Waals surface area contributed by atoms with Crippen molar-refractivity contribution in [3.63, 3.8) is 0 Å². The minimum absolute atomic E-state index is 0.612. The van der Waals surface area contributed by atoms with Gasteiger partial charge in [-0.1, -0.05) is 0 Å². The summed E-state index contributed by atoms with van der Waals surface area (Å²) >= 11 is 0.612. The van der Waals surface area contributed by atoms with E-state index in [-0.39, 0.29) is 0 Å². The van der Waals surface area contributed by atoms with Gasteiger partial charge in [0, 0.05) is 0 Å². The molecule has 2 rings (SSSR count). The third-order valence-corrected chi connectivity index (χ3v) is 3.56. The van der Waals surface area contributed by atoms with Crippen molar-refractivity contribution in [1.82, 2.24) is 0 Å². The van der Waals surface area contributed by atoms with Gasteiger partial charge in [-0.25, -0.2) is 0 Å². The number of fused-ring (bicyclic) bond motifs is 1. The van der Waals surface area contributed by atoms with Crippen LogP contribution in [0.25, 0.3) is 9.65 Å². The normalized spacial score (nSPS) is 10.5. The molecule has 10 heavy (non-hydrogen) atoms. The molecule has 1 heteroatoms. The van der Waals surface area contributed by atoms with Crippen molar-refractivity contribution < 1.29 is 0 Å². The first-order chi connectivity index (χ1) is 4.88. The summed E-state index contributed by atoms with van der Waals surface area (Å²) in [4.78, 5) is 2.28. The summed E-state index contributed by atoms with van der Waals surface area (Å²) in [6.07, 6.45) is 0. The third-order valence-electron chi connectivity index (χ3n) is 1.71. The molecule has 2 aromatic rings. The maximum absolute atomic E-state index is 2.28. The molecule has 0 spiro atoms. The van der Waals surface area contributed by atoms with Crippen LogP contribution < -0.4 is 0 Å². The van der Waals surface area contributed by atoms with E-state index in [2.05, 4.69) is 36.1 Å². The average molecular weight is 195 g/mol.